The van der Waals surface area contributed by atoms with Gasteiger partial charge in [-0.2, -0.15) is 6.42 Å². The van der Waals surface area contributed by atoms with Crippen LogP contribution < -0.4 is 17.0 Å². The summed E-state index contributed by atoms with van der Waals surface area (Å²) in [4.78, 5) is 0. The molecule has 1 nitrogen and oxygen atoms in total. The molecule has 0 saturated heterocycles. The Hall–Kier alpha value is 0.426. The summed E-state index contributed by atoms with van der Waals surface area (Å²) < 4.78 is 5.62. The number of halogens is 1. The van der Waals surface area contributed by atoms with Gasteiger partial charge in [0.25, 0.3) is 0 Å². The second-order valence-electron chi connectivity index (χ2n) is 4.51. The van der Waals surface area contributed by atoms with Crippen molar-refractivity contribution in [2.75, 3.05) is 6.61 Å². The zero-order chi connectivity index (χ0) is 12.3. The van der Waals surface area contributed by atoms with Crippen LogP contribution in [0.3, 0.4) is 0 Å². The molecule has 98 valence electrons. The fourth-order valence-corrected chi connectivity index (χ4v) is 2.07. The quantitative estimate of drug-likeness (QED) is 0.448. The van der Waals surface area contributed by atoms with E-state index in [1.807, 2.05) is 0 Å². The second kappa shape index (κ2) is 9.35. The van der Waals surface area contributed by atoms with Gasteiger partial charge in [0.1, 0.15) is 0 Å². The fourth-order valence-electron chi connectivity index (χ4n) is 2.07. The molecule has 0 fully saturated rings. The van der Waals surface area contributed by atoms with E-state index in [4.69, 9.17) is 4.74 Å². The van der Waals surface area contributed by atoms with Crippen LogP contribution in [0, 0.1) is 41.5 Å². The van der Waals surface area contributed by atoms with E-state index in [9.17, 15) is 0 Å². The van der Waals surface area contributed by atoms with Crippen LogP contribution in [0.25, 0.3) is 0 Å². The van der Waals surface area contributed by atoms with Gasteiger partial charge in [0.15, 0.2) is 0 Å². The number of rotatable bonds is 4. The first-order valence-corrected chi connectivity index (χ1v) is 5.93. The Labute approximate surface area is 139 Å². The van der Waals surface area contributed by atoms with E-state index in [1.165, 1.54) is 33.4 Å². The van der Waals surface area contributed by atoms with Crippen LogP contribution in [-0.2, 0) is 11.3 Å². The van der Waals surface area contributed by atoms with E-state index in [-0.39, 0.29) is 40.0 Å². The molecule has 0 amide bonds. The molecule has 0 aliphatic heterocycles. The molecule has 0 aromatic heterocycles. The topological polar surface area (TPSA) is 9.23 Å². The van der Waals surface area contributed by atoms with Crippen molar-refractivity contribution in [2.45, 2.75) is 47.6 Å². The Kier molecular flexibility index (Phi) is 10.8. The van der Waals surface area contributed by atoms with Crippen molar-refractivity contribution in [3.63, 3.8) is 0 Å². The normalized spacial score (nSPS) is 9.67. The SMILES string of the molecule is [Br-].[CH2-]CCOCc1c(C)c(C)c(C)c(C)c1C.[Mg+2]. The van der Waals surface area contributed by atoms with Gasteiger partial charge in [0.05, 0.1) is 6.61 Å². The van der Waals surface area contributed by atoms with E-state index in [1.54, 1.807) is 0 Å². The Morgan fingerprint density at radius 1 is 0.833 bits per heavy atom. The van der Waals surface area contributed by atoms with Gasteiger partial charge in [0.2, 0.25) is 0 Å². The maximum Gasteiger partial charge on any atom is 2.00 e. The molecule has 0 heterocycles. The summed E-state index contributed by atoms with van der Waals surface area (Å²) >= 11 is 0. The summed E-state index contributed by atoms with van der Waals surface area (Å²) in [6, 6.07) is 0. The molecule has 0 radical (unpaired) electrons. The zero-order valence-corrected chi connectivity index (χ0v) is 15.3. The maximum atomic E-state index is 5.62. The first kappa shape index (κ1) is 20.7. The average Bonchev–Trinajstić information content (AvgIpc) is 2.28. The minimum atomic E-state index is 0. The predicted molar refractivity (Wildman–Crippen MR) is 75.5 cm³/mol. The molecule has 0 bridgehead atoms. The predicted octanol–water partition coefficient (Wildman–Crippen LogP) is 0.593. The van der Waals surface area contributed by atoms with Crippen LogP contribution in [0.4, 0.5) is 0 Å². The van der Waals surface area contributed by atoms with Crippen molar-refractivity contribution in [3.8, 4) is 0 Å². The molecule has 0 atom stereocenters. The van der Waals surface area contributed by atoms with Crippen molar-refractivity contribution in [2.24, 2.45) is 0 Å². The summed E-state index contributed by atoms with van der Waals surface area (Å²) in [5.74, 6) is 0. The van der Waals surface area contributed by atoms with E-state index >= 15 is 0 Å². The largest absolute Gasteiger partial charge is 2.00 e. The van der Waals surface area contributed by atoms with Gasteiger partial charge in [-0.05, 0) is 68.0 Å². The van der Waals surface area contributed by atoms with E-state index < -0.39 is 0 Å². The molecule has 1 aromatic rings. The van der Waals surface area contributed by atoms with Crippen molar-refractivity contribution < 1.29 is 21.7 Å². The third kappa shape index (κ3) is 4.51. The van der Waals surface area contributed by atoms with Gasteiger partial charge in [-0.15, -0.1) is 0 Å². The van der Waals surface area contributed by atoms with Gasteiger partial charge in [-0.1, -0.05) is 0 Å². The summed E-state index contributed by atoms with van der Waals surface area (Å²) in [6.45, 7) is 16.2. The monoisotopic (exact) mass is 322 g/mol. The Balaban J connectivity index is 0. The summed E-state index contributed by atoms with van der Waals surface area (Å²) in [5, 5.41) is 0. The number of benzene rings is 1. The van der Waals surface area contributed by atoms with E-state index in [0.29, 0.717) is 0 Å². The van der Waals surface area contributed by atoms with Crippen LogP contribution in [0.2, 0.25) is 0 Å². The molecular weight excluding hydrogens is 300 g/mol. The summed E-state index contributed by atoms with van der Waals surface area (Å²) in [7, 11) is 0. The minimum absolute atomic E-state index is 0. The first-order chi connectivity index (χ1) is 7.50. The van der Waals surface area contributed by atoms with Crippen molar-refractivity contribution in [1.82, 2.24) is 0 Å². The van der Waals surface area contributed by atoms with Crippen LogP contribution in [0.1, 0.15) is 39.8 Å². The molecule has 0 saturated carbocycles. The molecule has 3 heteroatoms. The Morgan fingerprint density at radius 2 is 1.22 bits per heavy atom. The van der Waals surface area contributed by atoms with Gasteiger partial charge in [-0.3, -0.25) is 0 Å². The van der Waals surface area contributed by atoms with Crippen LogP contribution >= 0.6 is 0 Å². The second-order valence-corrected chi connectivity index (χ2v) is 4.51. The molecule has 0 aliphatic rings. The maximum absolute atomic E-state index is 5.62. The summed E-state index contributed by atoms with van der Waals surface area (Å²) in [5.41, 5.74) is 8.33. The standard InChI is InChI=1S/C15H23O.BrH.Mg/c1-7-8-16-9-15-13(5)11(3)10(2)12(4)14(15)6;;/h1,7-9H2,2-6H3;1H;/q-1;;+2/p-1. The smallest absolute Gasteiger partial charge is 1.00 e. The molecule has 1 aromatic carbocycles. The van der Waals surface area contributed by atoms with Gasteiger partial charge >= 0.3 is 23.1 Å². The Morgan fingerprint density at radius 3 is 1.61 bits per heavy atom. The number of hydrogen-bond donors (Lipinski definition) is 0. The number of ether oxygens (including phenoxy) is 1. The zero-order valence-electron chi connectivity index (χ0n) is 12.3. The molecule has 0 spiro atoms. The van der Waals surface area contributed by atoms with Crippen molar-refractivity contribution in [3.05, 3.63) is 40.3 Å². The fraction of sp³-hybridized carbons (Fsp3) is 0.533. The van der Waals surface area contributed by atoms with E-state index in [0.717, 1.165) is 19.6 Å². The van der Waals surface area contributed by atoms with Gasteiger partial charge in [-0.25, -0.2) is 0 Å². The molecule has 1 rings (SSSR count). The summed E-state index contributed by atoms with van der Waals surface area (Å²) in [6.07, 6.45) is 0.835. The van der Waals surface area contributed by atoms with Crippen LogP contribution in [0.15, 0.2) is 0 Å². The minimum Gasteiger partial charge on any atom is -1.00 e. The van der Waals surface area contributed by atoms with Crippen LogP contribution in [0.5, 0.6) is 0 Å². The molecule has 0 unspecified atom stereocenters. The number of hydrogen-bond acceptors (Lipinski definition) is 1. The molecular formula is C15H23BrMgO. The molecule has 0 aliphatic carbocycles. The van der Waals surface area contributed by atoms with Crippen molar-refractivity contribution >= 4 is 23.1 Å². The average molecular weight is 324 g/mol. The first-order valence-electron chi connectivity index (χ1n) is 5.93. The van der Waals surface area contributed by atoms with Gasteiger partial charge in [0, 0.05) is 6.61 Å². The van der Waals surface area contributed by atoms with E-state index in [2.05, 4.69) is 41.5 Å². The van der Waals surface area contributed by atoms with Crippen LogP contribution in [-0.4, -0.2) is 29.7 Å². The van der Waals surface area contributed by atoms with Gasteiger partial charge < -0.3 is 28.6 Å². The third-order valence-electron chi connectivity index (χ3n) is 3.69. The molecule has 0 N–H and O–H groups in total. The van der Waals surface area contributed by atoms with Crippen molar-refractivity contribution in [1.29, 1.82) is 0 Å². The third-order valence-corrected chi connectivity index (χ3v) is 3.69. The molecule has 18 heavy (non-hydrogen) atoms. The Bertz CT molecular complexity index is 360.